The number of hydrogen-bond acceptors (Lipinski definition) is 5. The Hall–Kier alpha value is -2.79. The van der Waals surface area contributed by atoms with E-state index < -0.39 is 0 Å². The van der Waals surface area contributed by atoms with Gasteiger partial charge in [-0.3, -0.25) is 4.79 Å². The van der Waals surface area contributed by atoms with E-state index >= 15 is 0 Å². The molecule has 0 amide bonds. The van der Waals surface area contributed by atoms with E-state index in [1.54, 1.807) is 39.5 Å². The SMILES string of the molecule is COc1ccc(/C=C/C(=O)c2ccccc2CN(C)C)c(OC)c1OC. The number of carbonyl (C=O) groups excluding carboxylic acids is 1. The number of hydrogen-bond donors (Lipinski definition) is 0. The minimum atomic E-state index is -0.0562. The molecule has 5 nitrogen and oxygen atoms in total. The van der Waals surface area contributed by atoms with Gasteiger partial charge in [-0.2, -0.15) is 0 Å². The number of nitrogens with zero attached hydrogens (tertiary/aromatic N) is 1. The van der Waals surface area contributed by atoms with Crippen molar-refractivity contribution >= 4 is 11.9 Å². The van der Waals surface area contributed by atoms with E-state index in [1.165, 1.54) is 0 Å². The Morgan fingerprint density at radius 3 is 2.27 bits per heavy atom. The van der Waals surface area contributed by atoms with Crippen molar-refractivity contribution in [3.63, 3.8) is 0 Å². The van der Waals surface area contributed by atoms with Gasteiger partial charge in [-0.05, 0) is 43.9 Å². The summed E-state index contributed by atoms with van der Waals surface area (Å²) in [6.07, 6.45) is 3.29. The molecule has 2 aromatic rings. The average Bonchev–Trinajstić information content (AvgIpc) is 2.64. The van der Waals surface area contributed by atoms with Gasteiger partial charge >= 0.3 is 0 Å². The molecule has 5 heteroatoms. The third-order valence-corrected chi connectivity index (χ3v) is 3.92. The van der Waals surface area contributed by atoms with Crippen molar-refractivity contribution in [3.8, 4) is 17.2 Å². The van der Waals surface area contributed by atoms with Crippen LogP contribution < -0.4 is 14.2 Å². The van der Waals surface area contributed by atoms with Crippen LogP contribution >= 0.6 is 0 Å². The summed E-state index contributed by atoms with van der Waals surface area (Å²) < 4.78 is 16.1. The summed E-state index contributed by atoms with van der Waals surface area (Å²) in [6.45, 7) is 0.704. The fourth-order valence-corrected chi connectivity index (χ4v) is 2.75. The van der Waals surface area contributed by atoms with Gasteiger partial charge < -0.3 is 19.1 Å². The molecule has 0 aliphatic carbocycles. The molecule has 0 bridgehead atoms. The number of allylic oxidation sites excluding steroid dienone is 1. The summed E-state index contributed by atoms with van der Waals surface area (Å²) in [5.41, 5.74) is 2.42. The third kappa shape index (κ3) is 4.43. The molecule has 0 saturated carbocycles. The van der Waals surface area contributed by atoms with Crippen LogP contribution in [0.2, 0.25) is 0 Å². The first-order valence-electron chi connectivity index (χ1n) is 8.25. The van der Waals surface area contributed by atoms with Gasteiger partial charge in [-0.25, -0.2) is 0 Å². The molecule has 0 N–H and O–H groups in total. The molecule has 26 heavy (non-hydrogen) atoms. The molecule has 0 fully saturated rings. The van der Waals surface area contributed by atoms with Gasteiger partial charge in [-0.15, -0.1) is 0 Å². The molecule has 0 saturated heterocycles. The van der Waals surface area contributed by atoms with Gasteiger partial charge in [0, 0.05) is 17.7 Å². The predicted octanol–water partition coefficient (Wildman–Crippen LogP) is 3.67. The lowest BCUT2D eigenvalue weighted by Crippen LogP contribution is -2.13. The fraction of sp³-hybridized carbons (Fsp3) is 0.286. The summed E-state index contributed by atoms with van der Waals surface area (Å²) in [7, 11) is 8.63. The molecular weight excluding hydrogens is 330 g/mol. The van der Waals surface area contributed by atoms with Crippen molar-refractivity contribution in [1.29, 1.82) is 0 Å². The van der Waals surface area contributed by atoms with Crippen molar-refractivity contribution in [1.82, 2.24) is 4.90 Å². The van der Waals surface area contributed by atoms with Crippen molar-refractivity contribution in [2.75, 3.05) is 35.4 Å². The first-order valence-corrected chi connectivity index (χ1v) is 8.25. The van der Waals surface area contributed by atoms with Crippen LogP contribution in [0, 0.1) is 0 Å². The van der Waals surface area contributed by atoms with Crippen LogP contribution in [-0.4, -0.2) is 46.1 Å². The fourth-order valence-electron chi connectivity index (χ4n) is 2.75. The molecule has 138 valence electrons. The number of ether oxygens (including phenoxy) is 3. The van der Waals surface area contributed by atoms with E-state index in [1.807, 2.05) is 49.3 Å². The van der Waals surface area contributed by atoms with Crippen LogP contribution in [0.3, 0.4) is 0 Å². The monoisotopic (exact) mass is 355 g/mol. The second kappa shape index (κ2) is 9.06. The molecule has 0 radical (unpaired) electrons. The summed E-state index contributed by atoms with van der Waals surface area (Å²) >= 11 is 0. The van der Waals surface area contributed by atoms with Crippen LogP contribution in [0.5, 0.6) is 17.2 Å². The maximum absolute atomic E-state index is 12.7. The number of benzene rings is 2. The molecule has 0 spiro atoms. The highest BCUT2D eigenvalue weighted by Crippen LogP contribution is 2.40. The van der Waals surface area contributed by atoms with Gasteiger partial charge in [0.15, 0.2) is 17.3 Å². The zero-order valence-electron chi connectivity index (χ0n) is 15.9. The lowest BCUT2D eigenvalue weighted by molar-refractivity contribution is 0.104. The molecular formula is C21H25NO4. The smallest absolute Gasteiger partial charge is 0.203 e. The molecule has 0 unspecified atom stereocenters. The van der Waals surface area contributed by atoms with Gasteiger partial charge in [-0.1, -0.05) is 24.3 Å². The molecule has 2 aromatic carbocycles. The number of ketones is 1. The average molecular weight is 355 g/mol. The van der Waals surface area contributed by atoms with Crippen LogP contribution in [0.25, 0.3) is 6.08 Å². The number of carbonyl (C=O) groups is 1. The van der Waals surface area contributed by atoms with E-state index in [2.05, 4.69) is 0 Å². The summed E-state index contributed by atoms with van der Waals surface area (Å²) in [5.74, 6) is 1.54. The van der Waals surface area contributed by atoms with E-state index in [0.29, 0.717) is 29.4 Å². The Morgan fingerprint density at radius 1 is 0.962 bits per heavy atom. The second-order valence-corrected chi connectivity index (χ2v) is 6.02. The zero-order valence-corrected chi connectivity index (χ0v) is 15.9. The Bertz CT molecular complexity index is 797. The normalized spacial score (nSPS) is 11.0. The summed E-state index contributed by atoms with van der Waals surface area (Å²) in [4.78, 5) is 14.7. The molecule has 0 heterocycles. The lowest BCUT2D eigenvalue weighted by atomic mass is 10.0. The quantitative estimate of drug-likeness (QED) is 0.534. The van der Waals surface area contributed by atoms with E-state index in [9.17, 15) is 4.79 Å². The maximum atomic E-state index is 12.7. The van der Waals surface area contributed by atoms with E-state index in [4.69, 9.17) is 14.2 Å². The second-order valence-electron chi connectivity index (χ2n) is 6.02. The number of methoxy groups -OCH3 is 3. The first-order chi connectivity index (χ1) is 12.5. The van der Waals surface area contributed by atoms with Gasteiger partial charge in [0.25, 0.3) is 0 Å². The maximum Gasteiger partial charge on any atom is 0.203 e. The molecule has 2 rings (SSSR count). The summed E-state index contributed by atoms with van der Waals surface area (Å²) in [6, 6.07) is 11.2. The molecule has 0 aliphatic rings. The topological polar surface area (TPSA) is 48.0 Å². The Balaban J connectivity index is 2.35. The van der Waals surface area contributed by atoms with E-state index in [-0.39, 0.29) is 5.78 Å². The van der Waals surface area contributed by atoms with Gasteiger partial charge in [0.05, 0.1) is 21.3 Å². The highest BCUT2D eigenvalue weighted by atomic mass is 16.5. The van der Waals surface area contributed by atoms with Crippen LogP contribution in [-0.2, 0) is 6.54 Å². The van der Waals surface area contributed by atoms with Crippen molar-refractivity contribution in [3.05, 3.63) is 59.2 Å². The molecule has 0 aromatic heterocycles. The van der Waals surface area contributed by atoms with Crippen LogP contribution in [0.15, 0.2) is 42.5 Å². The molecule has 0 atom stereocenters. The lowest BCUT2D eigenvalue weighted by Gasteiger charge is -2.14. The minimum absolute atomic E-state index is 0.0562. The van der Waals surface area contributed by atoms with Crippen LogP contribution in [0.4, 0.5) is 0 Å². The minimum Gasteiger partial charge on any atom is -0.493 e. The highest BCUT2D eigenvalue weighted by molar-refractivity contribution is 6.08. The first kappa shape index (κ1) is 19.5. The van der Waals surface area contributed by atoms with Crippen molar-refractivity contribution in [2.45, 2.75) is 6.54 Å². The van der Waals surface area contributed by atoms with E-state index in [0.717, 1.165) is 11.1 Å². The third-order valence-electron chi connectivity index (χ3n) is 3.92. The van der Waals surface area contributed by atoms with Crippen molar-refractivity contribution < 1.29 is 19.0 Å². The number of rotatable bonds is 8. The van der Waals surface area contributed by atoms with Crippen molar-refractivity contribution in [2.24, 2.45) is 0 Å². The molecule has 0 aliphatic heterocycles. The van der Waals surface area contributed by atoms with Gasteiger partial charge in [0.1, 0.15) is 0 Å². The highest BCUT2D eigenvalue weighted by Gasteiger charge is 2.15. The standard InChI is InChI=1S/C21H25NO4/c1-22(2)14-16-8-6-7-9-17(16)18(23)12-10-15-11-13-19(24-3)21(26-5)20(15)25-4/h6-13H,14H2,1-5H3/b12-10+. The Morgan fingerprint density at radius 2 is 1.65 bits per heavy atom. The zero-order chi connectivity index (χ0) is 19.1. The van der Waals surface area contributed by atoms with Gasteiger partial charge in [0.2, 0.25) is 5.75 Å². The summed E-state index contributed by atoms with van der Waals surface area (Å²) in [5, 5.41) is 0. The Kier molecular flexibility index (Phi) is 6.81. The Labute approximate surface area is 154 Å². The predicted molar refractivity (Wildman–Crippen MR) is 103 cm³/mol. The van der Waals surface area contributed by atoms with Crippen LogP contribution in [0.1, 0.15) is 21.5 Å². The largest absolute Gasteiger partial charge is 0.493 e.